The molecule has 1 atom stereocenters. The lowest BCUT2D eigenvalue weighted by molar-refractivity contribution is 0.0431. The Morgan fingerprint density at radius 2 is 1.69 bits per heavy atom. The predicted octanol–water partition coefficient (Wildman–Crippen LogP) is 2.27. The average molecular weight is 230 g/mol. The molecule has 1 unspecified atom stereocenters. The Balaban J connectivity index is 3.08. The van der Waals surface area contributed by atoms with Gasteiger partial charge in [-0.05, 0) is 12.8 Å². The van der Waals surface area contributed by atoms with Crippen LogP contribution in [-0.2, 0) is 4.74 Å². The molecule has 0 fully saturated rings. The zero-order valence-corrected chi connectivity index (χ0v) is 10.2. The first kappa shape index (κ1) is 15.6. The van der Waals surface area contributed by atoms with Gasteiger partial charge in [-0.2, -0.15) is 0 Å². The number of aliphatic hydroxyl groups is 2. The van der Waals surface area contributed by atoms with Crippen molar-refractivity contribution in [3.05, 3.63) is 12.7 Å². The standard InChI is InChI=1S/C13H26O3/c1-2-11-16-12-13(15)9-7-5-3-4-6-8-10-14/h2,13-15H,1,3-12H2. The van der Waals surface area contributed by atoms with Gasteiger partial charge in [-0.25, -0.2) is 0 Å². The highest BCUT2D eigenvalue weighted by Crippen LogP contribution is 2.08. The van der Waals surface area contributed by atoms with E-state index < -0.39 is 0 Å². The molecule has 0 aliphatic carbocycles. The largest absolute Gasteiger partial charge is 0.396 e. The molecule has 0 aromatic carbocycles. The Labute approximate surface area is 99.1 Å². The van der Waals surface area contributed by atoms with E-state index in [1.54, 1.807) is 6.08 Å². The summed E-state index contributed by atoms with van der Waals surface area (Å²) < 4.78 is 5.16. The van der Waals surface area contributed by atoms with Crippen LogP contribution >= 0.6 is 0 Å². The second kappa shape index (κ2) is 12.7. The van der Waals surface area contributed by atoms with E-state index in [1.807, 2.05) is 0 Å². The molecule has 0 amide bonds. The van der Waals surface area contributed by atoms with Crippen molar-refractivity contribution in [3.63, 3.8) is 0 Å². The smallest absolute Gasteiger partial charge is 0.0773 e. The van der Waals surface area contributed by atoms with Crippen LogP contribution in [0.3, 0.4) is 0 Å². The third-order valence-corrected chi connectivity index (χ3v) is 2.49. The first-order valence-electron chi connectivity index (χ1n) is 6.28. The van der Waals surface area contributed by atoms with E-state index in [-0.39, 0.29) is 6.10 Å². The second-order valence-electron chi connectivity index (χ2n) is 4.11. The molecule has 0 aromatic rings. The number of hydrogen-bond donors (Lipinski definition) is 2. The maximum Gasteiger partial charge on any atom is 0.0773 e. The van der Waals surface area contributed by atoms with Crippen molar-refractivity contribution in [2.24, 2.45) is 0 Å². The minimum atomic E-state index is -0.336. The van der Waals surface area contributed by atoms with E-state index in [4.69, 9.17) is 9.84 Å². The van der Waals surface area contributed by atoms with Crippen molar-refractivity contribution in [2.75, 3.05) is 19.8 Å². The fraction of sp³-hybridized carbons (Fsp3) is 0.846. The van der Waals surface area contributed by atoms with E-state index in [1.165, 1.54) is 12.8 Å². The molecule has 0 spiro atoms. The van der Waals surface area contributed by atoms with Gasteiger partial charge in [0.05, 0.1) is 19.3 Å². The zero-order valence-electron chi connectivity index (χ0n) is 10.2. The van der Waals surface area contributed by atoms with Crippen LogP contribution in [-0.4, -0.2) is 36.1 Å². The number of ether oxygens (including phenoxy) is 1. The number of aliphatic hydroxyl groups excluding tert-OH is 2. The van der Waals surface area contributed by atoms with Crippen LogP contribution < -0.4 is 0 Å². The minimum Gasteiger partial charge on any atom is -0.396 e. The van der Waals surface area contributed by atoms with Crippen LogP contribution in [0.1, 0.15) is 44.9 Å². The van der Waals surface area contributed by atoms with Gasteiger partial charge in [-0.1, -0.05) is 38.2 Å². The maximum atomic E-state index is 9.52. The molecule has 0 heterocycles. The van der Waals surface area contributed by atoms with Crippen molar-refractivity contribution in [2.45, 2.75) is 51.0 Å². The van der Waals surface area contributed by atoms with E-state index >= 15 is 0 Å². The first-order chi connectivity index (χ1) is 7.81. The van der Waals surface area contributed by atoms with Gasteiger partial charge >= 0.3 is 0 Å². The molecular formula is C13H26O3. The van der Waals surface area contributed by atoms with Gasteiger partial charge in [0.25, 0.3) is 0 Å². The van der Waals surface area contributed by atoms with Crippen molar-refractivity contribution in [1.29, 1.82) is 0 Å². The van der Waals surface area contributed by atoms with E-state index in [9.17, 15) is 5.11 Å². The van der Waals surface area contributed by atoms with Crippen molar-refractivity contribution < 1.29 is 14.9 Å². The van der Waals surface area contributed by atoms with Crippen molar-refractivity contribution in [3.8, 4) is 0 Å². The topological polar surface area (TPSA) is 49.7 Å². The molecule has 0 aromatic heterocycles. The Kier molecular flexibility index (Phi) is 12.4. The molecule has 0 aliphatic heterocycles. The maximum absolute atomic E-state index is 9.52. The molecule has 16 heavy (non-hydrogen) atoms. The highest BCUT2D eigenvalue weighted by molar-refractivity contribution is 4.64. The molecule has 96 valence electrons. The minimum absolute atomic E-state index is 0.305. The highest BCUT2D eigenvalue weighted by Gasteiger charge is 2.02. The summed E-state index contributed by atoms with van der Waals surface area (Å²) in [5.41, 5.74) is 0. The van der Waals surface area contributed by atoms with Crippen molar-refractivity contribution >= 4 is 0 Å². The van der Waals surface area contributed by atoms with E-state index in [2.05, 4.69) is 6.58 Å². The lowest BCUT2D eigenvalue weighted by Crippen LogP contribution is -2.15. The molecule has 2 N–H and O–H groups in total. The fourth-order valence-electron chi connectivity index (χ4n) is 1.57. The molecule has 0 bridgehead atoms. The predicted molar refractivity (Wildman–Crippen MR) is 66.4 cm³/mol. The summed E-state index contributed by atoms with van der Waals surface area (Å²) in [6.07, 6.45) is 8.79. The molecule has 3 nitrogen and oxygen atoms in total. The van der Waals surface area contributed by atoms with Gasteiger partial charge < -0.3 is 14.9 Å². The van der Waals surface area contributed by atoms with Crippen LogP contribution in [0.4, 0.5) is 0 Å². The van der Waals surface area contributed by atoms with Crippen LogP contribution in [0, 0.1) is 0 Å². The lowest BCUT2D eigenvalue weighted by Gasteiger charge is -2.09. The molecule has 3 heteroatoms. The third kappa shape index (κ3) is 11.7. The lowest BCUT2D eigenvalue weighted by atomic mass is 10.1. The zero-order chi connectivity index (χ0) is 12.1. The summed E-state index contributed by atoms with van der Waals surface area (Å²) in [6.45, 7) is 4.77. The van der Waals surface area contributed by atoms with Gasteiger partial charge in [0, 0.05) is 6.61 Å². The molecule has 0 saturated heterocycles. The van der Waals surface area contributed by atoms with E-state index in [0.717, 1.165) is 32.1 Å². The van der Waals surface area contributed by atoms with E-state index in [0.29, 0.717) is 19.8 Å². The van der Waals surface area contributed by atoms with Gasteiger partial charge in [0.15, 0.2) is 0 Å². The summed E-state index contributed by atoms with van der Waals surface area (Å²) in [6, 6.07) is 0. The summed E-state index contributed by atoms with van der Waals surface area (Å²) in [7, 11) is 0. The molecule has 0 radical (unpaired) electrons. The number of unbranched alkanes of at least 4 members (excludes halogenated alkanes) is 5. The van der Waals surface area contributed by atoms with Gasteiger partial charge in [0.1, 0.15) is 0 Å². The monoisotopic (exact) mass is 230 g/mol. The SMILES string of the molecule is C=CCOCC(O)CCCCCCCCO. The van der Waals surface area contributed by atoms with Crippen LogP contribution in [0.15, 0.2) is 12.7 Å². The quantitative estimate of drug-likeness (QED) is 0.399. The third-order valence-electron chi connectivity index (χ3n) is 2.49. The first-order valence-corrected chi connectivity index (χ1v) is 6.28. The van der Waals surface area contributed by atoms with Crippen LogP contribution in [0.5, 0.6) is 0 Å². The van der Waals surface area contributed by atoms with Gasteiger partial charge in [0.2, 0.25) is 0 Å². The summed E-state index contributed by atoms with van der Waals surface area (Å²) >= 11 is 0. The Morgan fingerprint density at radius 1 is 1.06 bits per heavy atom. The summed E-state index contributed by atoms with van der Waals surface area (Å²) in [4.78, 5) is 0. The normalized spacial score (nSPS) is 12.6. The Hall–Kier alpha value is -0.380. The van der Waals surface area contributed by atoms with Crippen LogP contribution in [0.2, 0.25) is 0 Å². The molecule has 0 rings (SSSR count). The number of hydrogen-bond acceptors (Lipinski definition) is 3. The van der Waals surface area contributed by atoms with Crippen molar-refractivity contribution in [1.82, 2.24) is 0 Å². The molecule has 0 aliphatic rings. The van der Waals surface area contributed by atoms with Gasteiger partial charge in [-0.15, -0.1) is 6.58 Å². The summed E-state index contributed by atoms with van der Waals surface area (Å²) in [5.74, 6) is 0. The molecule has 0 saturated carbocycles. The fourth-order valence-corrected chi connectivity index (χ4v) is 1.57. The summed E-state index contributed by atoms with van der Waals surface area (Å²) in [5, 5.41) is 18.1. The number of rotatable bonds is 12. The average Bonchev–Trinajstić information content (AvgIpc) is 2.28. The Morgan fingerprint density at radius 3 is 2.31 bits per heavy atom. The van der Waals surface area contributed by atoms with Crippen LogP contribution in [0.25, 0.3) is 0 Å². The molecular weight excluding hydrogens is 204 g/mol. The Bertz CT molecular complexity index is 148. The van der Waals surface area contributed by atoms with Gasteiger partial charge in [-0.3, -0.25) is 0 Å². The highest BCUT2D eigenvalue weighted by atomic mass is 16.5. The second-order valence-corrected chi connectivity index (χ2v) is 4.11.